The predicted octanol–water partition coefficient (Wildman–Crippen LogP) is 1.93. The van der Waals surface area contributed by atoms with Gasteiger partial charge in [0.15, 0.2) is 5.82 Å². The van der Waals surface area contributed by atoms with Crippen LogP contribution in [0.2, 0.25) is 0 Å². The van der Waals surface area contributed by atoms with Crippen LogP contribution in [-0.2, 0) is 0 Å². The normalized spacial score (nSPS) is 18.5. The zero-order valence-electron chi connectivity index (χ0n) is 8.06. The van der Waals surface area contributed by atoms with E-state index in [9.17, 15) is 0 Å². The average Bonchev–Trinajstić information content (AvgIpc) is 2.30. The number of hydrogen-bond acceptors (Lipinski definition) is 3. The van der Waals surface area contributed by atoms with Crippen molar-refractivity contribution in [1.29, 1.82) is 0 Å². The minimum Gasteiger partial charge on any atom is -0.355 e. The number of halogens is 1. The van der Waals surface area contributed by atoms with Crippen molar-refractivity contribution in [2.45, 2.75) is 12.8 Å². The van der Waals surface area contributed by atoms with Crippen molar-refractivity contribution in [3.63, 3.8) is 0 Å². The third-order valence-corrected chi connectivity index (χ3v) is 3.15. The van der Waals surface area contributed by atoms with E-state index < -0.39 is 0 Å². The van der Waals surface area contributed by atoms with Gasteiger partial charge in [0.25, 0.3) is 0 Å². The summed E-state index contributed by atoms with van der Waals surface area (Å²) in [6.07, 6.45) is 4.04. The first kappa shape index (κ1) is 9.71. The van der Waals surface area contributed by atoms with Gasteiger partial charge in [0.05, 0.1) is 0 Å². The van der Waals surface area contributed by atoms with E-state index in [-0.39, 0.29) is 0 Å². The minimum atomic E-state index is 0.685. The quantitative estimate of drug-likeness (QED) is 0.701. The maximum atomic E-state index is 5.83. The fourth-order valence-electron chi connectivity index (χ4n) is 1.78. The van der Waals surface area contributed by atoms with Crippen LogP contribution < -0.4 is 4.90 Å². The van der Waals surface area contributed by atoms with E-state index in [1.54, 1.807) is 6.20 Å². The molecule has 1 aliphatic rings. The highest BCUT2D eigenvalue weighted by molar-refractivity contribution is 6.18. The Kier molecular flexibility index (Phi) is 3.19. The molecule has 0 N–H and O–H groups in total. The summed E-state index contributed by atoms with van der Waals surface area (Å²) >= 11 is 5.83. The van der Waals surface area contributed by atoms with Crippen molar-refractivity contribution in [2.75, 3.05) is 23.9 Å². The van der Waals surface area contributed by atoms with E-state index in [0.717, 1.165) is 24.8 Å². The summed E-state index contributed by atoms with van der Waals surface area (Å²) in [6, 6.07) is 3.93. The Morgan fingerprint density at radius 2 is 2.21 bits per heavy atom. The zero-order chi connectivity index (χ0) is 9.80. The molecule has 1 aromatic heterocycles. The third-order valence-electron chi connectivity index (χ3n) is 2.71. The average molecular weight is 212 g/mol. The first-order valence-corrected chi connectivity index (χ1v) is 5.52. The van der Waals surface area contributed by atoms with E-state index >= 15 is 0 Å². The van der Waals surface area contributed by atoms with E-state index in [4.69, 9.17) is 11.6 Å². The molecule has 14 heavy (non-hydrogen) atoms. The van der Waals surface area contributed by atoms with Crippen molar-refractivity contribution in [2.24, 2.45) is 5.92 Å². The third kappa shape index (κ3) is 2.15. The molecule has 1 fully saturated rings. The molecule has 0 aromatic carbocycles. The van der Waals surface area contributed by atoms with Crippen molar-refractivity contribution in [3.05, 3.63) is 18.3 Å². The zero-order valence-corrected chi connectivity index (χ0v) is 8.82. The first-order chi connectivity index (χ1) is 6.90. The van der Waals surface area contributed by atoms with Gasteiger partial charge in [-0.25, -0.2) is 0 Å². The van der Waals surface area contributed by atoms with Gasteiger partial charge in [-0.2, -0.15) is 5.10 Å². The SMILES string of the molecule is ClCC1CCN(c2cccnn2)CC1. The summed E-state index contributed by atoms with van der Waals surface area (Å²) in [4.78, 5) is 2.27. The van der Waals surface area contributed by atoms with E-state index in [0.29, 0.717) is 5.92 Å². The molecule has 0 unspecified atom stereocenters. The fraction of sp³-hybridized carbons (Fsp3) is 0.600. The van der Waals surface area contributed by atoms with Crippen LogP contribution in [-0.4, -0.2) is 29.2 Å². The van der Waals surface area contributed by atoms with Gasteiger partial charge in [0.1, 0.15) is 0 Å². The number of hydrogen-bond donors (Lipinski definition) is 0. The first-order valence-electron chi connectivity index (χ1n) is 4.99. The molecule has 0 radical (unpaired) electrons. The second-order valence-electron chi connectivity index (χ2n) is 3.67. The van der Waals surface area contributed by atoms with Gasteiger partial charge in [-0.1, -0.05) is 0 Å². The number of anilines is 1. The standard InChI is InChI=1S/C10H14ClN3/c11-8-9-3-6-14(7-4-9)10-2-1-5-12-13-10/h1-2,5,9H,3-4,6-8H2. The Bertz CT molecular complexity index is 270. The molecule has 1 saturated heterocycles. The van der Waals surface area contributed by atoms with Gasteiger partial charge in [0.2, 0.25) is 0 Å². The molecule has 0 bridgehead atoms. The van der Waals surface area contributed by atoms with E-state index in [1.165, 1.54) is 12.8 Å². The lowest BCUT2D eigenvalue weighted by atomic mass is 9.99. The molecule has 1 aromatic rings. The lowest BCUT2D eigenvalue weighted by Crippen LogP contribution is -2.34. The highest BCUT2D eigenvalue weighted by Gasteiger charge is 2.19. The molecule has 2 rings (SSSR count). The Labute approximate surface area is 89.1 Å². The monoisotopic (exact) mass is 211 g/mol. The topological polar surface area (TPSA) is 29.0 Å². The fourth-order valence-corrected chi connectivity index (χ4v) is 2.09. The van der Waals surface area contributed by atoms with Crippen LogP contribution in [0, 0.1) is 5.92 Å². The molecule has 0 amide bonds. The summed E-state index contributed by atoms with van der Waals surface area (Å²) in [5.41, 5.74) is 0. The summed E-state index contributed by atoms with van der Waals surface area (Å²) < 4.78 is 0. The Morgan fingerprint density at radius 3 is 2.79 bits per heavy atom. The summed E-state index contributed by atoms with van der Waals surface area (Å²) in [5, 5.41) is 7.98. The molecule has 3 nitrogen and oxygen atoms in total. The maximum Gasteiger partial charge on any atom is 0.151 e. The summed E-state index contributed by atoms with van der Waals surface area (Å²) in [6.45, 7) is 2.10. The molecule has 4 heteroatoms. The number of alkyl halides is 1. The molecule has 0 saturated carbocycles. The van der Waals surface area contributed by atoms with E-state index in [2.05, 4.69) is 15.1 Å². The van der Waals surface area contributed by atoms with Crippen LogP contribution in [0.4, 0.5) is 5.82 Å². The Balaban J connectivity index is 1.96. The van der Waals surface area contributed by atoms with Crippen LogP contribution >= 0.6 is 11.6 Å². The molecular formula is C10H14ClN3. The van der Waals surface area contributed by atoms with Crippen LogP contribution in [0.3, 0.4) is 0 Å². The lowest BCUT2D eigenvalue weighted by molar-refractivity contribution is 0.440. The van der Waals surface area contributed by atoms with Crippen molar-refractivity contribution in [1.82, 2.24) is 10.2 Å². The minimum absolute atomic E-state index is 0.685. The number of piperidine rings is 1. The number of rotatable bonds is 2. The van der Waals surface area contributed by atoms with Crippen molar-refractivity contribution < 1.29 is 0 Å². The molecule has 0 aliphatic carbocycles. The lowest BCUT2D eigenvalue weighted by Gasteiger charge is -2.31. The molecular weight excluding hydrogens is 198 g/mol. The number of nitrogens with zero attached hydrogens (tertiary/aromatic N) is 3. The highest BCUT2D eigenvalue weighted by Crippen LogP contribution is 2.21. The molecule has 0 atom stereocenters. The Morgan fingerprint density at radius 1 is 1.43 bits per heavy atom. The molecule has 2 heterocycles. The van der Waals surface area contributed by atoms with Gasteiger partial charge in [-0.05, 0) is 30.9 Å². The van der Waals surface area contributed by atoms with Crippen LogP contribution in [0.15, 0.2) is 18.3 Å². The smallest absolute Gasteiger partial charge is 0.151 e. The van der Waals surface area contributed by atoms with Crippen LogP contribution in [0.5, 0.6) is 0 Å². The Hall–Kier alpha value is -0.830. The maximum absolute atomic E-state index is 5.83. The second-order valence-corrected chi connectivity index (χ2v) is 3.98. The molecule has 76 valence electrons. The van der Waals surface area contributed by atoms with Crippen molar-refractivity contribution in [3.8, 4) is 0 Å². The highest BCUT2D eigenvalue weighted by atomic mass is 35.5. The van der Waals surface area contributed by atoms with Gasteiger partial charge in [0, 0.05) is 25.2 Å². The van der Waals surface area contributed by atoms with Gasteiger partial charge < -0.3 is 4.90 Å². The van der Waals surface area contributed by atoms with Crippen molar-refractivity contribution >= 4 is 17.4 Å². The summed E-state index contributed by atoms with van der Waals surface area (Å²) in [7, 11) is 0. The van der Waals surface area contributed by atoms with Crippen LogP contribution in [0.1, 0.15) is 12.8 Å². The number of aromatic nitrogens is 2. The van der Waals surface area contributed by atoms with Gasteiger partial charge >= 0.3 is 0 Å². The molecule has 0 spiro atoms. The van der Waals surface area contributed by atoms with Crippen LogP contribution in [0.25, 0.3) is 0 Å². The second kappa shape index (κ2) is 4.60. The van der Waals surface area contributed by atoms with E-state index in [1.807, 2.05) is 12.1 Å². The largest absolute Gasteiger partial charge is 0.355 e. The predicted molar refractivity (Wildman–Crippen MR) is 57.7 cm³/mol. The summed E-state index contributed by atoms with van der Waals surface area (Å²) in [5.74, 6) is 2.46. The van der Waals surface area contributed by atoms with Gasteiger partial charge in [-0.15, -0.1) is 16.7 Å². The molecule has 1 aliphatic heterocycles. The van der Waals surface area contributed by atoms with Gasteiger partial charge in [-0.3, -0.25) is 0 Å².